The molecule has 0 amide bonds. The zero-order chi connectivity index (χ0) is 23.7. The van der Waals surface area contributed by atoms with Crippen LogP contribution in [0.3, 0.4) is 0 Å². The molecule has 170 valence electrons. The monoisotopic (exact) mass is 470 g/mol. The minimum absolute atomic E-state index is 0.0245. The van der Waals surface area contributed by atoms with E-state index in [4.69, 9.17) is 11.6 Å². The Morgan fingerprint density at radius 1 is 1.18 bits per heavy atom. The highest BCUT2D eigenvalue weighted by Gasteiger charge is 2.24. The second-order valence-electron chi connectivity index (χ2n) is 8.70. The van der Waals surface area contributed by atoms with Gasteiger partial charge in [0.2, 0.25) is 0 Å². The van der Waals surface area contributed by atoms with Gasteiger partial charge in [-0.1, -0.05) is 17.7 Å². The van der Waals surface area contributed by atoms with Gasteiger partial charge in [0.15, 0.2) is 0 Å². The standard InChI is InChI=1S/C26H23ClN6O/c1-16(26-30-8-2-9-31-26)32-22-13-24(34)33(15-17-3-4-17)23-6-5-18(12-20(22)23)11-19-7-10-29-25(27)21(19)14-28/h2,5-10,12-13,16-17,32H,3-4,11,15H2,1H3. The van der Waals surface area contributed by atoms with E-state index in [9.17, 15) is 10.1 Å². The molecule has 1 aliphatic carbocycles. The molecule has 0 radical (unpaired) electrons. The van der Waals surface area contributed by atoms with Crippen molar-refractivity contribution in [1.29, 1.82) is 5.26 Å². The second-order valence-corrected chi connectivity index (χ2v) is 9.06. The van der Waals surface area contributed by atoms with Crippen molar-refractivity contribution in [3.63, 3.8) is 0 Å². The fraction of sp³-hybridized carbons (Fsp3) is 0.269. The number of pyridine rings is 2. The van der Waals surface area contributed by atoms with E-state index >= 15 is 0 Å². The van der Waals surface area contributed by atoms with Crippen molar-refractivity contribution < 1.29 is 0 Å². The van der Waals surface area contributed by atoms with Gasteiger partial charge in [0.25, 0.3) is 5.56 Å². The predicted molar refractivity (Wildman–Crippen MR) is 132 cm³/mol. The maximum atomic E-state index is 13.1. The first-order chi connectivity index (χ1) is 16.5. The molecule has 0 saturated heterocycles. The molecule has 1 aliphatic rings. The van der Waals surface area contributed by atoms with Gasteiger partial charge >= 0.3 is 0 Å². The highest BCUT2D eigenvalue weighted by atomic mass is 35.5. The van der Waals surface area contributed by atoms with Gasteiger partial charge in [-0.3, -0.25) is 4.79 Å². The van der Waals surface area contributed by atoms with Crippen LogP contribution in [0.1, 0.15) is 48.3 Å². The molecule has 0 bridgehead atoms. The molecular formula is C26H23ClN6O. The third-order valence-corrected chi connectivity index (χ3v) is 6.44. The highest BCUT2D eigenvalue weighted by Crippen LogP contribution is 2.33. The Balaban J connectivity index is 1.58. The number of fused-ring (bicyclic) bond motifs is 1. The van der Waals surface area contributed by atoms with Gasteiger partial charge in [0.05, 0.1) is 17.1 Å². The van der Waals surface area contributed by atoms with E-state index in [2.05, 4.69) is 32.4 Å². The molecule has 0 aliphatic heterocycles. The van der Waals surface area contributed by atoms with Gasteiger partial charge in [-0.05, 0) is 67.5 Å². The number of nitrogens with zero attached hydrogens (tertiary/aromatic N) is 5. The van der Waals surface area contributed by atoms with Crippen molar-refractivity contribution >= 4 is 28.2 Å². The fourth-order valence-electron chi connectivity index (χ4n) is 4.20. The van der Waals surface area contributed by atoms with E-state index < -0.39 is 0 Å². The first kappa shape index (κ1) is 22.1. The second kappa shape index (κ2) is 9.24. The van der Waals surface area contributed by atoms with Crippen LogP contribution in [0.5, 0.6) is 0 Å². The number of hydrogen-bond acceptors (Lipinski definition) is 6. The van der Waals surface area contributed by atoms with Crippen molar-refractivity contribution in [3.05, 3.63) is 93.0 Å². The molecular weight excluding hydrogens is 448 g/mol. The van der Waals surface area contributed by atoms with E-state index in [1.807, 2.05) is 29.7 Å². The zero-order valence-electron chi connectivity index (χ0n) is 18.7. The first-order valence-corrected chi connectivity index (χ1v) is 11.6. The van der Waals surface area contributed by atoms with Crippen LogP contribution < -0.4 is 10.9 Å². The van der Waals surface area contributed by atoms with Crippen LogP contribution >= 0.6 is 11.6 Å². The normalized spacial score (nSPS) is 14.0. The van der Waals surface area contributed by atoms with Crippen LogP contribution in [0.25, 0.3) is 10.9 Å². The van der Waals surface area contributed by atoms with Crippen molar-refractivity contribution in [3.8, 4) is 6.07 Å². The molecule has 3 heterocycles. The van der Waals surface area contributed by atoms with Crippen molar-refractivity contribution in [2.75, 3.05) is 5.32 Å². The number of benzene rings is 1. The predicted octanol–water partition coefficient (Wildman–Crippen LogP) is 4.89. The Hall–Kier alpha value is -3.76. The molecule has 7 nitrogen and oxygen atoms in total. The molecule has 34 heavy (non-hydrogen) atoms. The number of anilines is 1. The summed E-state index contributed by atoms with van der Waals surface area (Å²) in [6.07, 6.45) is 7.87. The van der Waals surface area contributed by atoms with Crippen LogP contribution in [0.15, 0.2) is 59.8 Å². The summed E-state index contributed by atoms with van der Waals surface area (Å²) in [5, 5.41) is 14.1. The number of nitriles is 1. The number of nitrogens with one attached hydrogen (secondary N) is 1. The topological polar surface area (TPSA) is 96.5 Å². The molecule has 1 saturated carbocycles. The van der Waals surface area contributed by atoms with E-state index in [1.165, 1.54) is 0 Å². The Labute approximate surface area is 202 Å². The van der Waals surface area contributed by atoms with Gasteiger partial charge < -0.3 is 9.88 Å². The van der Waals surface area contributed by atoms with Gasteiger partial charge in [-0.15, -0.1) is 0 Å². The summed E-state index contributed by atoms with van der Waals surface area (Å²) in [4.78, 5) is 25.8. The third-order valence-electron chi connectivity index (χ3n) is 6.16. The smallest absolute Gasteiger partial charge is 0.253 e. The highest BCUT2D eigenvalue weighted by molar-refractivity contribution is 6.30. The van der Waals surface area contributed by atoms with E-state index in [1.54, 1.807) is 30.7 Å². The van der Waals surface area contributed by atoms with Crippen molar-refractivity contribution in [2.45, 2.75) is 38.8 Å². The minimum atomic E-state index is -0.184. The Morgan fingerprint density at radius 3 is 2.71 bits per heavy atom. The maximum Gasteiger partial charge on any atom is 0.253 e. The number of halogens is 1. The van der Waals surface area contributed by atoms with Gasteiger partial charge in [-0.2, -0.15) is 5.26 Å². The van der Waals surface area contributed by atoms with Crippen LogP contribution in [-0.2, 0) is 13.0 Å². The summed E-state index contributed by atoms with van der Waals surface area (Å²) in [7, 11) is 0. The molecule has 1 unspecified atom stereocenters. The fourth-order valence-corrected chi connectivity index (χ4v) is 4.42. The summed E-state index contributed by atoms with van der Waals surface area (Å²) in [5.74, 6) is 1.22. The lowest BCUT2D eigenvalue weighted by Crippen LogP contribution is -2.22. The van der Waals surface area contributed by atoms with Crippen molar-refractivity contribution in [1.82, 2.24) is 19.5 Å². The van der Waals surface area contributed by atoms with Gasteiger partial charge in [0.1, 0.15) is 17.0 Å². The Kier molecular flexibility index (Phi) is 5.99. The molecule has 1 N–H and O–H groups in total. The summed E-state index contributed by atoms with van der Waals surface area (Å²) in [6, 6.07) is 13.3. The lowest BCUT2D eigenvalue weighted by Gasteiger charge is -2.19. The Morgan fingerprint density at radius 2 is 1.97 bits per heavy atom. The van der Waals surface area contributed by atoms with Gasteiger partial charge in [0, 0.05) is 42.3 Å². The van der Waals surface area contributed by atoms with Crippen LogP contribution in [0, 0.1) is 17.2 Å². The molecule has 0 spiro atoms. The summed E-state index contributed by atoms with van der Waals surface area (Å²) < 4.78 is 1.87. The number of aromatic nitrogens is 4. The van der Waals surface area contributed by atoms with E-state index in [0.717, 1.165) is 47.1 Å². The zero-order valence-corrected chi connectivity index (χ0v) is 19.5. The lowest BCUT2D eigenvalue weighted by atomic mass is 10.00. The molecule has 1 aromatic carbocycles. The lowest BCUT2D eigenvalue weighted by molar-refractivity contribution is 0.627. The summed E-state index contributed by atoms with van der Waals surface area (Å²) in [5.41, 5.74) is 3.81. The number of rotatable bonds is 7. The van der Waals surface area contributed by atoms with Crippen LogP contribution in [0.2, 0.25) is 5.15 Å². The van der Waals surface area contributed by atoms with Crippen LogP contribution in [0.4, 0.5) is 5.69 Å². The van der Waals surface area contributed by atoms with Crippen LogP contribution in [-0.4, -0.2) is 19.5 Å². The third kappa shape index (κ3) is 4.50. The quantitative estimate of drug-likeness (QED) is 0.386. The molecule has 5 rings (SSSR count). The van der Waals surface area contributed by atoms with Gasteiger partial charge in [-0.25, -0.2) is 15.0 Å². The number of hydrogen-bond donors (Lipinski definition) is 1. The maximum absolute atomic E-state index is 13.1. The van der Waals surface area contributed by atoms with E-state index in [0.29, 0.717) is 23.7 Å². The Bertz CT molecular complexity index is 1460. The molecule has 4 aromatic rings. The molecule has 1 atom stereocenters. The van der Waals surface area contributed by atoms with E-state index in [-0.39, 0.29) is 16.8 Å². The molecule has 8 heteroatoms. The minimum Gasteiger partial charge on any atom is -0.375 e. The molecule has 3 aromatic heterocycles. The van der Waals surface area contributed by atoms with Crippen molar-refractivity contribution in [2.24, 2.45) is 5.92 Å². The summed E-state index contributed by atoms with van der Waals surface area (Å²) in [6.45, 7) is 2.70. The first-order valence-electron chi connectivity index (χ1n) is 11.3. The average molecular weight is 471 g/mol. The summed E-state index contributed by atoms with van der Waals surface area (Å²) >= 11 is 6.13. The SMILES string of the molecule is CC(Nc1cc(=O)n(CC2CC2)c2ccc(Cc3ccnc(Cl)c3C#N)cc12)c1ncccn1. The average Bonchev–Trinajstić information content (AvgIpc) is 3.66. The largest absolute Gasteiger partial charge is 0.375 e. The molecule has 1 fully saturated rings.